The number of aryl methyl sites for hydroxylation is 2. The number of hydrogen-bond acceptors (Lipinski definition) is 1. The first-order chi connectivity index (χ1) is 9.63. The first-order valence-electron chi connectivity index (χ1n) is 6.53. The van der Waals surface area contributed by atoms with Crippen LogP contribution >= 0.6 is 40.2 Å². The van der Waals surface area contributed by atoms with Gasteiger partial charge in [0.05, 0.1) is 5.69 Å². The van der Waals surface area contributed by atoms with Crippen molar-refractivity contribution in [2.75, 3.05) is 0 Å². The summed E-state index contributed by atoms with van der Waals surface area (Å²) in [7, 11) is 0. The molecule has 0 aliphatic carbocycles. The highest BCUT2D eigenvalue weighted by Gasteiger charge is 2.15. The quantitative estimate of drug-likeness (QED) is 0.546. The minimum atomic E-state index is 0. The lowest BCUT2D eigenvalue weighted by Crippen LogP contribution is -2.02. The molecular formula is C16H15BrCl2N2. The van der Waals surface area contributed by atoms with Gasteiger partial charge in [0, 0.05) is 0 Å². The Hall–Kier alpha value is -1.03. The van der Waals surface area contributed by atoms with Crippen molar-refractivity contribution in [2.24, 2.45) is 0 Å². The topological polar surface area (TPSA) is 17.8 Å². The maximum Gasteiger partial charge on any atom is 0.166 e. The number of rotatable bonds is 2. The van der Waals surface area contributed by atoms with Crippen LogP contribution in [0, 0.1) is 6.92 Å². The first-order valence-corrected chi connectivity index (χ1v) is 7.29. The van der Waals surface area contributed by atoms with Crippen LogP contribution in [-0.4, -0.2) is 9.55 Å². The molecule has 0 unspecified atom stereocenters. The average Bonchev–Trinajstić information content (AvgIpc) is 2.77. The monoisotopic (exact) mass is 384 g/mol. The number of imidazole rings is 1. The van der Waals surface area contributed by atoms with Crippen LogP contribution in [0.2, 0.25) is 10.3 Å². The van der Waals surface area contributed by atoms with E-state index in [1.807, 2.05) is 4.57 Å². The fourth-order valence-electron chi connectivity index (χ4n) is 2.73. The van der Waals surface area contributed by atoms with Gasteiger partial charge in [-0.1, -0.05) is 54.4 Å². The Kier molecular flexibility index (Phi) is 4.97. The Balaban J connectivity index is 0.00000161. The highest BCUT2D eigenvalue weighted by Crippen LogP contribution is 2.32. The minimum absolute atomic E-state index is 0. The smallest absolute Gasteiger partial charge is 0.166 e. The normalized spacial score (nSPS) is 10.7. The lowest BCUT2D eigenvalue weighted by molar-refractivity contribution is 0.999. The summed E-state index contributed by atoms with van der Waals surface area (Å²) in [5.41, 5.74) is 3.50. The maximum atomic E-state index is 6.26. The van der Waals surface area contributed by atoms with E-state index in [4.69, 9.17) is 23.2 Å². The second kappa shape index (κ2) is 6.39. The van der Waals surface area contributed by atoms with Crippen LogP contribution in [0.25, 0.3) is 16.5 Å². The molecule has 110 valence electrons. The lowest BCUT2D eigenvalue weighted by Gasteiger charge is -2.16. The second-order valence-corrected chi connectivity index (χ2v) is 5.51. The third-order valence-electron chi connectivity index (χ3n) is 3.58. The summed E-state index contributed by atoms with van der Waals surface area (Å²) in [6.45, 7) is 4.24. The summed E-state index contributed by atoms with van der Waals surface area (Å²) in [4.78, 5) is 4.09. The van der Waals surface area contributed by atoms with Gasteiger partial charge >= 0.3 is 0 Å². The Bertz CT molecular complexity index is 796. The minimum Gasteiger partial charge on any atom is -0.288 e. The van der Waals surface area contributed by atoms with Crippen molar-refractivity contribution in [1.82, 2.24) is 9.55 Å². The Labute approximate surface area is 144 Å². The molecule has 5 heteroatoms. The van der Waals surface area contributed by atoms with Crippen LogP contribution in [0.15, 0.2) is 36.7 Å². The molecule has 21 heavy (non-hydrogen) atoms. The van der Waals surface area contributed by atoms with Gasteiger partial charge < -0.3 is 0 Å². The molecule has 0 saturated carbocycles. The predicted octanol–water partition coefficient (Wildman–Crippen LogP) is 5.78. The van der Waals surface area contributed by atoms with E-state index in [0.717, 1.165) is 17.7 Å². The van der Waals surface area contributed by atoms with Crippen LogP contribution in [0.1, 0.15) is 18.1 Å². The highest BCUT2D eigenvalue weighted by molar-refractivity contribution is 8.93. The third kappa shape index (κ3) is 2.70. The second-order valence-electron chi connectivity index (χ2n) is 4.79. The lowest BCUT2D eigenvalue weighted by atomic mass is 9.97. The van der Waals surface area contributed by atoms with E-state index in [1.54, 1.807) is 6.33 Å². The van der Waals surface area contributed by atoms with Crippen LogP contribution < -0.4 is 0 Å². The van der Waals surface area contributed by atoms with E-state index in [1.165, 1.54) is 16.3 Å². The number of fused-ring (bicyclic) bond motifs is 1. The number of benzene rings is 2. The van der Waals surface area contributed by atoms with Crippen molar-refractivity contribution in [1.29, 1.82) is 0 Å². The van der Waals surface area contributed by atoms with Crippen molar-refractivity contribution in [3.63, 3.8) is 0 Å². The number of aromatic nitrogens is 2. The number of halogens is 3. The molecule has 1 heterocycles. The van der Waals surface area contributed by atoms with Crippen molar-refractivity contribution in [3.8, 4) is 5.69 Å². The summed E-state index contributed by atoms with van der Waals surface area (Å²) >= 11 is 12.2. The maximum absolute atomic E-state index is 6.26. The molecule has 2 nitrogen and oxygen atoms in total. The van der Waals surface area contributed by atoms with Gasteiger partial charge in [0.25, 0.3) is 0 Å². The molecule has 0 bridgehead atoms. The van der Waals surface area contributed by atoms with Crippen molar-refractivity contribution in [2.45, 2.75) is 20.3 Å². The molecule has 0 atom stereocenters. The fraction of sp³-hybridized carbons (Fsp3) is 0.188. The van der Waals surface area contributed by atoms with Gasteiger partial charge in [0.15, 0.2) is 10.3 Å². The Morgan fingerprint density at radius 1 is 1.19 bits per heavy atom. The Morgan fingerprint density at radius 3 is 2.52 bits per heavy atom. The third-order valence-corrected chi connectivity index (χ3v) is 4.31. The SMILES string of the molecule is Br.CCc1c(-n2cnc(Cl)c2Cl)c(C)cc2ccccc12. The van der Waals surface area contributed by atoms with Crippen LogP contribution in [0.3, 0.4) is 0 Å². The van der Waals surface area contributed by atoms with Gasteiger partial charge in [0.2, 0.25) is 0 Å². The van der Waals surface area contributed by atoms with E-state index >= 15 is 0 Å². The molecule has 0 fully saturated rings. The van der Waals surface area contributed by atoms with E-state index in [0.29, 0.717) is 10.3 Å². The van der Waals surface area contributed by atoms with Gasteiger partial charge in [-0.25, -0.2) is 4.98 Å². The largest absolute Gasteiger partial charge is 0.288 e. The van der Waals surface area contributed by atoms with Crippen molar-refractivity contribution >= 4 is 51.0 Å². The van der Waals surface area contributed by atoms with Crippen LogP contribution in [0.4, 0.5) is 0 Å². The molecule has 3 aromatic rings. The van der Waals surface area contributed by atoms with Crippen molar-refractivity contribution in [3.05, 3.63) is 58.1 Å². The number of hydrogen-bond donors (Lipinski definition) is 0. The van der Waals surface area contributed by atoms with Gasteiger partial charge in [-0.3, -0.25) is 4.57 Å². The van der Waals surface area contributed by atoms with Crippen LogP contribution in [0.5, 0.6) is 0 Å². The van der Waals surface area contributed by atoms with E-state index < -0.39 is 0 Å². The molecule has 0 amide bonds. The van der Waals surface area contributed by atoms with E-state index in [-0.39, 0.29) is 17.0 Å². The van der Waals surface area contributed by atoms with Gasteiger partial charge in [-0.05, 0) is 41.3 Å². The van der Waals surface area contributed by atoms with Gasteiger partial charge in [-0.15, -0.1) is 17.0 Å². The molecule has 1 aromatic heterocycles. The molecule has 0 aliphatic heterocycles. The standard InChI is InChI=1S/C16H14Cl2N2.BrH/c1-3-12-13-7-5-4-6-11(13)8-10(2)14(12)20-9-19-15(17)16(20)18;/h4-9H,3H2,1-2H3;1H. The van der Waals surface area contributed by atoms with Gasteiger partial charge in [0.1, 0.15) is 6.33 Å². The zero-order valence-electron chi connectivity index (χ0n) is 11.7. The summed E-state index contributed by atoms with van der Waals surface area (Å²) in [5, 5.41) is 3.28. The predicted molar refractivity (Wildman–Crippen MR) is 95.5 cm³/mol. The fourth-order valence-corrected chi connectivity index (χ4v) is 3.04. The van der Waals surface area contributed by atoms with E-state index in [9.17, 15) is 0 Å². The molecule has 3 rings (SSSR count). The molecule has 0 aliphatic rings. The Morgan fingerprint density at radius 2 is 1.90 bits per heavy atom. The zero-order chi connectivity index (χ0) is 14.3. The van der Waals surface area contributed by atoms with Crippen molar-refractivity contribution < 1.29 is 0 Å². The van der Waals surface area contributed by atoms with Gasteiger partial charge in [-0.2, -0.15) is 0 Å². The summed E-state index contributed by atoms with van der Waals surface area (Å²) in [6, 6.07) is 10.6. The number of nitrogens with zero attached hydrogens (tertiary/aromatic N) is 2. The molecule has 0 radical (unpaired) electrons. The molecule has 2 aromatic carbocycles. The molecule has 0 saturated heterocycles. The molecule has 0 spiro atoms. The summed E-state index contributed by atoms with van der Waals surface area (Å²) < 4.78 is 1.87. The summed E-state index contributed by atoms with van der Waals surface area (Å²) in [5.74, 6) is 0. The van der Waals surface area contributed by atoms with Crippen LogP contribution in [-0.2, 0) is 6.42 Å². The summed E-state index contributed by atoms with van der Waals surface area (Å²) in [6.07, 6.45) is 2.60. The molecule has 0 N–H and O–H groups in total. The average molecular weight is 386 g/mol. The highest BCUT2D eigenvalue weighted by atomic mass is 79.9. The first kappa shape index (κ1) is 16.3. The van der Waals surface area contributed by atoms with E-state index in [2.05, 4.69) is 49.2 Å². The zero-order valence-corrected chi connectivity index (χ0v) is 15.0. The molecular weight excluding hydrogens is 371 g/mol.